The van der Waals surface area contributed by atoms with E-state index in [9.17, 15) is 9.50 Å². The number of aromatic hydroxyl groups is 1. The summed E-state index contributed by atoms with van der Waals surface area (Å²) in [5.74, 6) is -0.157. The van der Waals surface area contributed by atoms with Gasteiger partial charge in [-0.1, -0.05) is 6.07 Å². The van der Waals surface area contributed by atoms with Gasteiger partial charge in [0.25, 0.3) is 0 Å². The predicted molar refractivity (Wildman–Crippen MR) is 62.1 cm³/mol. The van der Waals surface area contributed by atoms with Crippen molar-refractivity contribution in [3.63, 3.8) is 0 Å². The van der Waals surface area contributed by atoms with Crippen LogP contribution in [0.15, 0.2) is 12.1 Å². The standard InChI is InChI=1S/C13H18FNO/c1-9-4-5-12(14)13(16)11(9)7-10-3-2-6-15-8-10/h4-5,10,15-16H,2-3,6-8H2,1H3. The summed E-state index contributed by atoms with van der Waals surface area (Å²) in [4.78, 5) is 0. The van der Waals surface area contributed by atoms with Gasteiger partial charge in [0.2, 0.25) is 0 Å². The molecule has 3 heteroatoms. The van der Waals surface area contributed by atoms with Crippen molar-refractivity contribution in [2.24, 2.45) is 5.92 Å². The topological polar surface area (TPSA) is 32.3 Å². The Morgan fingerprint density at radius 3 is 3.00 bits per heavy atom. The van der Waals surface area contributed by atoms with Crippen molar-refractivity contribution in [2.45, 2.75) is 26.2 Å². The molecule has 1 aromatic rings. The molecule has 2 rings (SSSR count). The fraction of sp³-hybridized carbons (Fsp3) is 0.538. The minimum Gasteiger partial charge on any atom is -0.505 e. The van der Waals surface area contributed by atoms with Gasteiger partial charge < -0.3 is 10.4 Å². The van der Waals surface area contributed by atoms with Crippen LogP contribution in [0.1, 0.15) is 24.0 Å². The monoisotopic (exact) mass is 223 g/mol. The lowest BCUT2D eigenvalue weighted by Crippen LogP contribution is -2.31. The summed E-state index contributed by atoms with van der Waals surface area (Å²) in [5.41, 5.74) is 1.75. The highest BCUT2D eigenvalue weighted by Gasteiger charge is 2.18. The van der Waals surface area contributed by atoms with E-state index in [1.54, 1.807) is 6.07 Å². The highest BCUT2D eigenvalue weighted by atomic mass is 19.1. The van der Waals surface area contributed by atoms with Gasteiger partial charge in [-0.05, 0) is 56.8 Å². The van der Waals surface area contributed by atoms with E-state index in [1.807, 2.05) is 6.92 Å². The van der Waals surface area contributed by atoms with Crippen molar-refractivity contribution in [3.05, 3.63) is 29.1 Å². The number of phenols is 1. The molecule has 1 fully saturated rings. The van der Waals surface area contributed by atoms with Gasteiger partial charge in [-0.15, -0.1) is 0 Å². The molecule has 88 valence electrons. The van der Waals surface area contributed by atoms with Crippen molar-refractivity contribution in [1.82, 2.24) is 5.32 Å². The molecule has 0 bridgehead atoms. The van der Waals surface area contributed by atoms with E-state index < -0.39 is 5.82 Å². The van der Waals surface area contributed by atoms with Crippen molar-refractivity contribution in [3.8, 4) is 5.75 Å². The number of nitrogens with one attached hydrogen (secondary N) is 1. The Morgan fingerprint density at radius 1 is 1.50 bits per heavy atom. The predicted octanol–water partition coefficient (Wildman–Crippen LogP) is 2.38. The van der Waals surface area contributed by atoms with Crippen LogP contribution in [-0.4, -0.2) is 18.2 Å². The fourth-order valence-electron chi connectivity index (χ4n) is 2.35. The van der Waals surface area contributed by atoms with Gasteiger partial charge in [-0.2, -0.15) is 0 Å². The largest absolute Gasteiger partial charge is 0.505 e. The van der Waals surface area contributed by atoms with Crippen LogP contribution in [0.25, 0.3) is 0 Å². The van der Waals surface area contributed by atoms with Gasteiger partial charge in [-0.25, -0.2) is 4.39 Å². The van der Waals surface area contributed by atoms with Crippen molar-refractivity contribution in [2.75, 3.05) is 13.1 Å². The van der Waals surface area contributed by atoms with E-state index in [4.69, 9.17) is 0 Å². The number of phenolic OH excluding ortho intramolecular Hbond substituents is 1. The number of aryl methyl sites for hydroxylation is 1. The van der Waals surface area contributed by atoms with Gasteiger partial charge >= 0.3 is 0 Å². The molecule has 1 aromatic carbocycles. The lowest BCUT2D eigenvalue weighted by Gasteiger charge is -2.23. The first-order valence-corrected chi connectivity index (χ1v) is 5.86. The lowest BCUT2D eigenvalue weighted by atomic mass is 9.90. The maximum absolute atomic E-state index is 13.2. The highest BCUT2D eigenvalue weighted by molar-refractivity contribution is 5.40. The van der Waals surface area contributed by atoms with Crippen LogP contribution in [0.4, 0.5) is 4.39 Å². The van der Waals surface area contributed by atoms with E-state index in [1.165, 1.54) is 12.5 Å². The summed E-state index contributed by atoms with van der Waals surface area (Å²) < 4.78 is 13.2. The molecule has 1 heterocycles. The first-order chi connectivity index (χ1) is 7.68. The zero-order chi connectivity index (χ0) is 11.5. The summed E-state index contributed by atoms with van der Waals surface area (Å²) in [6, 6.07) is 3.06. The smallest absolute Gasteiger partial charge is 0.165 e. The van der Waals surface area contributed by atoms with Crippen LogP contribution in [0, 0.1) is 18.7 Å². The lowest BCUT2D eigenvalue weighted by molar-refractivity contribution is 0.364. The molecule has 1 unspecified atom stereocenters. The third-order valence-corrected chi connectivity index (χ3v) is 3.36. The first-order valence-electron chi connectivity index (χ1n) is 5.86. The minimum atomic E-state index is -0.510. The molecule has 1 saturated heterocycles. The van der Waals surface area contributed by atoms with Crippen molar-refractivity contribution in [1.29, 1.82) is 0 Å². The zero-order valence-corrected chi connectivity index (χ0v) is 9.59. The molecular formula is C13H18FNO. The minimum absolute atomic E-state index is 0.162. The number of rotatable bonds is 2. The van der Waals surface area contributed by atoms with E-state index in [0.717, 1.165) is 37.1 Å². The zero-order valence-electron chi connectivity index (χ0n) is 9.59. The molecule has 0 spiro atoms. The summed E-state index contributed by atoms with van der Waals surface area (Å²) in [6.45, 7) is 3.96. The maximum Gasteiger partial charge on any atom is 0.165 e. The van der Waals surface area contributed by atoms with E-state index in [0.29, 0.717) is 5.92 Å². The molecule has 0 amide bonds. The number of hydrogen-bond acceptors (Lipinski definition) is 2. The fourth-order valence-corrected chi connectivity index (χ4v) is 2.35. The molecule has 2 N–H and O–H groups in total. The van der Waals surface area contributed by atoms with Crippen LogP contribution in [0.2, 0.25) is 0 Å². The van der Waals surface area contributed by atoms with Crippen molar-refractivity contribution >= 4 is 0 Å². The Labute approximate surface area is 95.5 Å². The molecule has 0 radical (unpaired) electrons. The molecule has 1 atom stereocenters. The molecule has 0 aromatic heterocycles. The van der Waals surface area contributed by atoms with Crippen LogP contribution < -0.4 is 5.32 Å². The molecule has 1 aliphatic heterocycles. The molecule has 1 aliphatic rings. The third-order valence-electron chi connectivity index (χ3n) is 3.36. The van der Waals surface area contributed by atoms with E-state index >= 15 is 0 Å². The summed E-state index contributed by atoms with van der Waals surface area (Å²) >= 11 is 0. The van der Waals surface area contributed by atoms with Crippen molar-refractivity contribution < 1.29 is 9.50 Å². The Balaban J connectivity index is 2.16. The van der Waals surface area contributed by atoms with Crippen LogP contribution in [0.5, 0.6) is 5.75 Å². The number of halogens is 1. The molecular weight excluding hydrogens is 205 g/mol. The normalized spacial score (nSPS) is 21.0. The second-order valence-electron chi connectivity index (χ2n) is 4.61. The van der Waals surface area contributed by atoms with Gasteiger partial charge in [0.15, 0.2) is 11.6 Å². The SMILES string of the molecule is Cc1ccc(F)c(O)c1CC1CCCNC1. The number of benzene rings is 1. The van der Waals surface area contributed by atoms with Crippen LogP contribution in [-0.2, 0) is 6.42 Å². The molecule has 16 heavy (non-hydrogen) atoms. The molecule has 2 nitrogen and oxygen atoms in total. The van der Waals surface area contributed by atoms with E-state index in [-0.39, 0.29) is 5.75 Å². The van der Waals surface area contributed by atoms with Gasteiger partial charge in [0.1, 0.15) is 0 Å². The van der Waals surface area contributed by atoms with Crippen LogP contribution >= 0.6 is 0 Å². The second-order valence-corrected chi connectivity index (χ2v) is 4.61. The average molecular weight is 223 g/mol. The van der Waals surface area contributed by atoms with E-state index in [2.05, 4.69) is 5.32 Å². The molecule has 0 saturated carbocycles. The summed E-state index contributed by atoms with van der Waals surface area (Å²) in [6.07, 6.45) is 3.09. The van der Waals surface area contributed by atoms with Crippen LogP contribution in [0.3, 0.4) is 0 Å². The Bertz CT molecular complexity index is 372. The third kappa shape index (κ3) is 2.35. The quantitative estimate of drug-likeness (QED) is 0.806. The number of piperidine rings is 1. The summed E-state index contributed by atoms with van der Waals surface area (Å²) in [7, 11) is 0. The second kappa shape index (κ2) is 4.83. The first kappa shape index (κ1) is 11.4. The Morgan fingerprint density at radius 2 is 2.31 bits per heavy atom. The Kier molecular flexibility index (Phi) is 3.44. The molecule has 0 aliphatic carbocycles. The van der Waals surface area contributed by atoms with Gasteiger partial charge in [0, 0.05) is 5.56 Å². The summed E-state index contributed by atoms with van der Waals surface area (Å²) in [5, 5.41) is 13.0. The average Bonchev–Trinajstić information content (AvgIpc) is 2.31. The van der Waals surface area contributed by atoms with Gasteiger partial charge in [0.05, 0.1) is 0 Å². The van der Waals surface area contributed by atoms with Gasteiger partial charge in [-0.3, -0.25) is 0 Å². The Hall–Kier alpha value is -1.09. The number of hydrogen-bond donors (Lipinski definition) is 2. The highest BCUT2D eigenvalue weighted by Crippen LogP contribution is 2.28. The maximum atomic E-state index is 13.2.